The summed E-state index contributed by atoms with van der Waals surface area (Å²) in [6, 6.07) is 0. The molecule has 0 atom stereocenters. The molecule has 0 saturated carbocycles. The van der Waals surface area contributed by atoms with E-state index in [-0.39, 0.29) is 0 Å². The van der Waals surface area contributed by atoms with Crippen molar-refractivity contribution in [1.82, 2.24) is 4.98 Å². The van der Waals surface area contributed by atoms with E-state index in [0.29, 0.717) is 6.20 Å². The van der Waals surface area contributed by atoms with E-state index in [0.717, 1.165) is 7.11 Å². The molecule has 1 aromatic heterocycles. The quantitative estimate of drug-likeness (QED) is 0.647. The molecule has 0 aliphatic rings. The fraction of sp³-hybridized carbons (Fsp3) is 0.333. The summed E-state index contributed by atoms with van der Waals surface area (Å²) in [5.41, 5.74) is -1.79. The second kappa shape index (κ2) is 5.59. The monoisotopic (exact) mass is 296 g/mol. The average molecular weight is 296 g/mol. The zero-order chi connectivity index (χ0) is 15.5. The second-order valence-electron chi connectivity index (χ2n) is 3.35. The van der Waals surface area contributed by atoms with E-state index >= 15 is 0 Å². The number of carboxylic acid groups (broad SMARTS) is 1. The van der Waals surface area contributed by atoms with Crippen LogP contribution in [-0.4, -0.2) is 34.5 Å². The minimum atomic E-state index is -5.23. The lowest BCUT2D eigenvalue weighted by molar-refractivity contribution is -0.390. The SMILES string of the molecule is COc1ncc(CC(=O)O)c(OC(F)(F)F)c1[N+](=O)[O-]. The van der Waals surface area contributed by atoms with Gasteiger partial charge in [0.05, 0.1) is 18.5 Å². The fourth-order valence-corrected chi connectivity index (χ4v) is 1.33. The molecule has 1 aromatic rings. The number of alkyl halides is 3. The van der Waals surface area contributed by atoms with Crippen LogP contribution >= 0.6 is 0 Å². The number of carbonyl (C=O) groups is 1. The molecule has 1 heterocycles. The van der Waals surface area contributed by atoms with Crippen LogP contribution in [0.3, 0.4) is 0 Å². The van der Waals surface area contributed by atoms with Crippen LogP contribution in [0.1, 0.15) is 5.56 Å². The summed E-state index contributed by atoms with van der Waals surface area (Å²) < 4.78 is 44.9. The van der Waals surface area contributed by atoms with E-state index in [9.17, 15) is 28.1 Å². The van der Waals surface area contributed by atoms with Gasteiger partial charge in [-0.3, -0.25) is 14.9 Å². The third-order valence-corrected chi connectivity index (χ3v) is 1.98. The summed E-state index contributed by atoms with van der Waals surface area (Å²) in [5, 5.41) is 19.4. The summed E-state index contributed by atoms with van der Waals surface area (Å²) in [7, 11) is 0.962. The van der Waals surface area contributed by atoms with Crippen molar-refractivity contribution in [1.29, 1.82) is 0 Å². The van der Waals surface area contributed by atoms with Crippen molar-refractivity contribution in [3.8, 4) is 11.6 Å². The van der Waals surface area contributed by atoms with Crippen LogP contribution < -0.4 is 9.47 Å². The third-order valence-electron chi connectivity index (χ3n) is 1.98. The van der Waals surface area contributed by atoms with E-state index < -0.39 is 46.6 Å². The van der Waals surface area contributed by atoms with Crippen LogP contribution in [0.5, 0.6) is 11.6 Å². The topological polar surface area (TPSA) is 112 Å². The van der Waals surface area contributed by atoms with Gasteiger partial charge in [0, 0.05) is 11.8 Å². The Labute approximate surface area is 108 Å². The normalized spacial score (nSPS) is 11.0. The maximum absolute atomic E-state index is 12.3. The number of nitrogens with zero attached hydrogens (tertiary/aromatic N) is 2. The molecule has 8 nitrogen and oxygen atoms in total. The van der Waals surface area contributed by atoms with Crippen molar-refractivity contribution in [2.24, 2.45) is 0 Å². The molecule has 0 aliphatic heterocycles. The Bertz CT molecular complexity index is 545. The number of halogens is 3. The number of hydrogen-bond donors (Lipinski definition) is 1. The molecule has 0 spiro atoms. The van der Waals surface area contributed by atoms with Gasteiger partial charge in [0.15, 0.2) is 0 Å². The van der Waals surface area contributed by atoms with Crippen molar-refractivity contribution in [3.05, 3.63) is 21.9 Å². The number of hydrogen-bond acceptors (Lipinski definition) is 6. The molecule has 0 radical (unpaired) electrons. The van der Waals surface area contributed by atoms with Gasteiger partial charge >= 0.3 is 18.0 Å². The number of carboxylic acids is 1. The molecule has 0 saturated heterocycles. The van der Waals surface area contributed by atoms with Crippen LogP contribution in [0, 0.1) is 10.1 Å². The zero-order valence-corrected chi connectivity index (χ0v) is 9.80. The van der Waals surface area contributed by atoms with E-state index in [1.807, 2.05) is 0 Å². The minimum Gasteiger partial charge on any atom is -0.481 e. The van der Waals surface area contributed by atoms with Gasteiger partial charge in [-0.25, -0.2) is 4.98 Å². The van der Waals surface area contributed by atoms with Gasteiger partial charge in [0.25, 0.3) is 5.88 Å². The first-order valence-corrected chi connectivity index (χ1v) is 4.83. The van der Waals surface area contributed by atoms with Crippen molar-refractivity contribution in [3.63, 3.8) is 0 Å². The first kappa shape index (κ1) is 15.5. The lowest BCUT2D eigenvalue weighted by Gasteiger charge is -2.13. The van der Waals surface area contributed by atoms with Gasteiger partial charge in [-0.2, -0.15) is 0 Å². The zero-order valence-electron chi connectivity index (χ0n) is 9.80. The molecule has 1 N–H and O–H groups in total. The molecule has 0 aliphatic carbocycles. The summed E-state index contributed by atoms with van der Waals surface area (Å²) in [4.78, 5) is 23.6. The lowest BCUT2D eigenvalue weighted by Crippen LogP contribution is -2.20. The average Bonchev–Trinajstić information content (AvgIpc) is 2.27. The number of aliphatic carboxylic acids is 1. The van der Waals surface area contributed by atoms with Crippen LogP contribution in [-0.2, 0) is 11.2 Å². The second-order valence-corrected chi connectivity index (χ2v) is 3.35. The van der Waals surface area contributed by atoms with E-state index in [1.54, 1.807) is 0 Å². The minimum absolute atomic E-state index is 0.595. The maximum Gasteiger partial charge on any atom is 0.573 e. The summed E-state index contributed by atoms with van der Waals surface area (Å²) in [5.74, 6) is -3.47. The van der Waals surface area contributed by atoms with Crippen molar-refractivity contribution in [2.75, 3.05) is 7.11 Å². The first-order chi connectivity index (χ1) is 9.15. The fourth-order valence-electron chi connectivity index (χ4n) is 1.33. The highest BCUT2D eigenvalue weighted by atomic mass is 19.4. The Kier molecular flexibility index (Phi) is 4.32. The number of aromatic nitrogens is 1. The highest BCUT2D eigenvalue weighted by molar-refractivity contribution is 5.73. The molecule has 20 heavy (non-hydrogen) atoms. The van der Waals surface area contributed by atoms with Crippen LogP contribution in [0.2, 0.25) is 0 Å². The number of nitro groups is 1. The van der Waals surface area contributed by atoms with Gasteiger partial charge in [-0.15, -0.1) is 13.2 Å². The standard InChI is InChI=1S/C9H7F3N2O6/c1-19-8-6(14(17)18)7(20-9(10,11)12)4(3-13-8)2-5(15)16/h3H,2H2,1H3,(H,15,16). The highest BCUT2D eigenvalue weighted by Crippen LogP contribution is 2.40. The number of rotatable bonds is 5. The van der Waals surface area contributed by atoms with Crippen LogP contribution in [0.15, 0.2) is 6.20 Å². The largest absolute Gasteiger partial charge is 0.573 e. The van der Waals surface area contributed by atoms with Gasteiger partial charge < -0.3 is 14.6 Å². The number of pyridine rings is 1. The molecule has 0 unspecified atom stereocenters. The molecular formula is C9H7F3N2O6. The maximum atomic E-state index is 12.3. The van der Waals surface area contributed by atoms with Gasteiger partial charge in [-0.1, -0.05) is 0 Å². The Morgan fingerprint density at radius 1 is 1.55 bits per heavy atom. The van der Waals surface area contributed by atoms with Crippen LogP contribution in [0.4, 0.5) is 18.9 Å². The van der Waals surface area contributed by atoms with E-state index in [2.05, 4.69) is 14.5 Å². The Morgan fingerprint density at radius 3 is 2.55 bits per heavy atom. The van der Waals surface area contributed by atoms with Crippen molar-refractivity contribution in [2.45, 2.75) is 12.8 Å². The van der Waals surface area contributed by atoms with E-state index in [4.69, 9.17) is 5.11 Å². The number of methoxy groups -OCH3 is 1. The van der Waals surface area contributed by atoms with Gasteiger partial charge in [0.2, 0.25) is 5.75 Å². The molecule has 11 heteroatoms. The Hall–Kier alpha value is -2.59. The van der Waals surface area contributed by atoms with Crippen molar-refractivity contribution < 1.29 is 37.5 Å². The van der Waals surface area contributed by atoms with Crippen molar-refractivity contribution >= 4 is 11.7 Å². The van der Waals surface area contributed by atoms with Crippen LogP contribution in [0.25, 0.3) is 0 Å². The van der Waals surface area contributed by atoms with Gasteiger partial charge in [0.1, 0.15) is 0 Å². The molecule has 0 bridgehead atoms. The summed E-state index contributed by atoms with van der Waals surface area (Å²) >= 11 is 0. The lowest BCUT2D eigenvalue weighted by atomic mass is 10.1. The van der Waals surface area contributed by atoms with Gasteiger partial charge in [-0.05, 0) is 0 Å². The molecule has 0 aromatic carbocycles. The highest BCUT2D eigenvalue weighted by Gasteiger charge is 2.38. The number of ether oxygens (including phenoxy) is 2. The third kappa shape index (κ3) is 3.70. The Morgan fingerprint density at radius 2 is 2.15 bits per heavy atom. The predicted molar refractivity (Wildman–Crippen MR) is 55.5 cm³/mol. The summed E-state index contributed by atoms with van der Waals surface area (Å²) in [6.07, 6.45) is -5.45. The molecule has 110 valence electrons. The predicted octanol–water partition coefficient (Wildman–Crippen LogP) is 1.52. The van der Waals surface area contributed by atoms with E-state index in [1.165, 1.54) is 0 Å². The summed E-state index contributed by atoms with van der Waals surface area (Å²) in [6.45, 7) is 0. The Balaban J connectivity index is 3.50. The molecule has 1 rings (SSSR count). The first-order valence-electron chi connectivity index (χ1n) is 4.83. The molecule has 0 amide bonds. The molecular weight excluding hydrogens is 289 g/mol. The smallest absolute Gasteiger partial charge is 0.481 e. The molecule has 0 fully saturated rings.